The highest BCUT2D eigenvalue weighted by Crippen LogP contribution is 2.27. The molecule has 1 saturated heterocycles. The van der Waals surface area contributed by atoms with E-state index < -0.39 is 0 Å². The highest BCUT2D eigenvalue weighted by atomic mass is 35.5. The lowest BCUT2D eigenvalue weighted by atomic mass is 10.1. The Bertz CT molecular complexity index is 943. The van der Waals surface area contributed by atoms with Gasteiger partial charge >= 0.3 is 0 Å². The summed E-state index contributed by atoms with van der Waals surface area (Å²) in [5.74, 6) is 0.752. The smallest absolute Gasteiger partial charge is 0.274 e. The Morgan fingerprint density at radius 2 is 1.70 bits per heavy atom. The Balaban J connectivity index is 1.78. The molecule has 0 saturated carbocycles. The van der Waals surface area contributed by atoms with Gasteiger partial charge in [0.2, 0.25) is 0 Å². The lowest BCUT2D eigenvalue weighted by Gasteiger charge is -2.12. The van der Waals surface area contributed by atoms with Crippen LogP contribution < -0.4 is 4.74 Å². The molecule has 0 atom stereocenters. The Kier molecular flexibility index (Phi) is 4.86. The number of ether oxygens (including phenoxy) is 1. The number of amides is 1. The summed E-state index contributed by atoms with van der Waals surface area (Å²) in [4.78, 5) is 14.7. The number of methoxy groups -OCH3 is 1. The van der Waals surface area contributed by atoms with Gasteiger partial charge in [-0.15, -0.1) is 0 Å². The van der Waals surface area contributed by atoms with Crippen molar-refractivity contribution in [3.63, 3.8) is 0 Å². The monoisotopic (exact) mass is 381 g/mol. The zero-order valence-corrected chi connectivity index (χ0v) is 15.8. The first kappa shape index (κ1) is 17.6. The van der Waals surface area contributed by atoms with Crippen molar-refractivity contribution in [3.8, 4) is 22.7 Å². The number of hydrogen-bond donors (Lipinski definition) is 0. The van der Waals surface area contributed by atoms with Gasteiger partial charge in [0.05, 0.1) is 18.5 Å². The maximum Gasteiger partial charge on any atom is 0.274 e. The third-order valence-electron chi connectivity index (χ3n) is 4.78. The highest BCUT2D eigenvalue weighted by molar-refractivity contribution is 6.30. The zero-order valence-electron chi connectivity index (χ0n) is 15.1. The number of rotatable bonds is 4. The number of likely N-dealkylation sites (tertiary alicyclic amines) is 1. The Hall–Kier alpha value is -2.79. The standard InChI is InChI=1S/C21H20ClN3O2/c1-27-18-10-8-17(9-11-18)25-20(15-4-6-16(22)7-5-15)14-19(23-25)21(26)24-12-2-3-13-24/h4-11,14H,2-3,12-13H2,1H3. The second kappa shape index (κ2) is 7.45. The second-order valence-electron chi connectivity index (χ2n) is 6.53. The summed E-state index contributed by atoms with van der Waals surface area (Å²) in [6.07, 6.45) is 2.10. The molecule has 1 aliphatic heterocycles. The fourth-order valence-electron chi connectivity index (χ4n) is 3.31. The van der Waals surface area contributed by atoms with Gasteiger partial charge in [0, 0.05) is 23.7 Å². The van der Waals surface area contributed by atoms with Gasteiger partial charge in [-0.2, -0.15) is 5.10 Å². The van der Waals surface area contributed by atoms with E-state index in [-0.39, 0.29) is 5.91 Å². The first-order valence-electron chi connectivity index (χ1n) is 8.95. The number of carbonyl (C=O) groups excluding carboxylic acids is 1. The van der Waals surface area contributed by atoms with Crippen molar-refractivity contribution in [2.24, 2.45) is 0 Å². The van der Waals surface area contributed by atoms with Crippen molar-refractivity contribution in [1.29, 1.82) is 0 Å². The molecule has 5 nitrogen and oxygen atoms in total. The van der Waals surface area contributed by atoms with Crippen LogP contribution in [0.25, 0.3) is 16.9 Å². The fourth-order valence-corrected chi connectivity index (χ4v) is 3.44. The van der Waals surface area contributed by atoms with Crippen LogP contribution in [0.15, 0.2) is 54.6 Å². The summed E-state index contributed by atoms with van der Waals surface area (Å²) in [6.45, 7) is 1.59. The molecule has 3 aromatic rings. The number of benzene rings is 2. The van der Waals surface area contributed by atoms with Crippen LogP contribution in [-0.2, 0) is 0 Å². The van der Waals surface area contributed by atoms with Crippen molar-refractivity contribution in [2.75, 3.05) is 20.2 Å². The number of nitrogens with zero attached hydrogens (tertiary/aromatic N) is 3. The third-order valence-corrected chi connectivity index (χ3v) is 5.03. The van der Waals surface area contributed by atoms with E-state index in [9.17, 15) is 4.79 Å². The van der Waals surface area contributed by atoms with Gasteiger partial charge in [-0.1, -0.05) is 23.7 Å². The number of halogens is 1. The molecule has 1 fully saturated rings. The van der Waals surface area contributed by atoms with Crippen molar-refractivity contribution >= 4 is 17.5 Å². The number of carbonyl (C=O) groups is 1. The Morgan fingerprint density at radius 3 is 2.33 bits per heavy atom. The minimum Gasteiger partial charge on any atom is -0.497 e. The molecule has 2 heterocycles. The molecule has 1 aliphatic rings. The van der Waals surface area contributed by atoms with Gasteiger partial charge in [-0.25, -0.2) is 4.68 Å². The first-order valence-corrected chi connectivity index (χ1v) is 9.33. The van der Waals surface area contributed by atoms with E-state index in [1.54, 1.807) is 11.8 Å². The second-order valence-corrected chi connectivity index (χ2v) is 6.97. The first-order chi connectivity index (χ1) is 13.2. The quantitative estimate of drug-likeness (QED) is 0.671. The molecule has 0 spiro atoms. The van der Waals surface area contributed by atoms with Crippen molar-refractivity contribution in [3.05, 3.63) is 65.3 Å². The average molecular weight is 382 g/mol. The summed E-state index contributed by atoms with van der Waals surface area (Å²) >= 11 is 6.03. The molecule has 0 N–H and O–H groups in total. The van der Waals surface area contributed by atoms with Crippen LogP contribution >= 0.6 is 11.6 Å². The normalized spacial score (nSPS) is 13.8. The largest absolute Gasteiger partial charge is 0.497 e. The maximum atomic E-state index is 12.8. The van der Waals surface area contributed by atoms with Gasteiger partial charge in [0.1, 0.15) is 5.75 Å². The summed E-state index contributed by atoms with van der Waals surface area (Å²) in [7, 11) is 1.63. The lowest BCUT2D eigenvalue weighted by Crippen LogP contribution is -2.28. The zero-order chi connectivity index (χ0) is 18.8. The van der Waals surface area contributed by atoms with E-state index in [1.165, 1.54) is 0 Å². The van der Waals surface area contributed by atoms with Gasteiger partial charge in [0.25, 0.3) is 5.91 Å². The van der Waals surface area contributed by atoms with Crippen molar-refractivity contribution in [1.82, 2.24) is 14.7 Å². The van der Waals surface area contributed by atoms with Crippen LogP contribution in [0, 0.1) is 0 Å². The van der Waals surface area contributed by atoms with E-state index in [4.69, 9.17) is 16.3 Å². The predicted octanol–water partition coefficient (Wildman–Crippen LogP) is 4.44. The molecule has 4 rings (SSSR count). The van der Waals surface area contributed by atoms with Gasteiger partial charge in [-0.3, -0.25) is 4.79 Å². The summed E-state index contributed by atoms with van der Waals surface area (Å²) in [5.41, 5.74) is 3.11. The predicted molar refractivity (Wildman–Crippen MR) is 106 cm³/mol. The molecule has 0 unspecified atom stereocenters. The van der Waals surface area contributed by atoms with Crippen molar-refractivity contribution in [2.45, 2.75) is 12.8 Å². The molecule has 1 amide bonds. The molecule has 0 radical (unpaired) electrons. The van der Waals surface area contributed by atoms with Crippen LogP contribution in [0.2, 0.25) is 5.02 Å². The highest BCUT2D eigenvalue weighted by Gasteiger charge is 2.24. The van der Waals surface area contributed by atoms with E-state index >= 15 is 0 Å². The van der Waals surface area contributed by atoms with Crippen LogP contribution in [-0.4, -0.2) is 40.8 Å². The van der Waals surface area contributed by atoms with Crippen molar-refractivity contribution < 1.29 is 9.53 Å². The molecule has 27 heavy (non-hydrogen) atoms. The van der Waals surface area contributed by atoms with Crippen LogP contribution in [0.5, 0.6) is 5.75 Å². The summed E-state index contributed by atoms with van der Waals surface area (Å²) in [6, 6.07) is 17.0. The van der Waals surface area contributed by atoms with E-state index in [2.05, 4.69) is 5.10 Å². The fraction of sp³-hybridized carbons (Fsp3) is 0.238. The van der Waals surface area contributed by atoms with E-state index in [0.29, 0.717) is 10.7 Å². The van der Waals surface area contributed by atoms with E-state index in [0.717, 1.165) is 48.6 Å². The third kappa shape index (κ3) is 3.55. The Morgan fingerprint density at radius 1 is 1.04 bits per heavy atom. The Labute approximate surface area is 163 Å². The molecule has 0 bridgehead atoms. The minimum atomic E-state index is -0.0185. The van der Waals surface area contributed by atoms with Crippen LogP contribution in [0.4, 0.5) is 0 Å². The molecular formula is C21H20ClN3O2. The van der Waals surface area contributed by atoms with Gasteiger partial charge < -0.3 is 9.64 Å². The van der Waals surface area contributed by atoms with Gasteiger partial charge in [0.15, 0.2) is 5.69 Å². The molecule has 1 aromatic heterocycles. The average Bonchev–Trinajstić information content (AvgIpc) is 3.38. The molecular weight excluding hydrogens is 362 g/mol. The lowest BCUT2D eigenvalue weighted by molar-refractivity contribution is 0.0786. The SMILES string of the molecule is COc1ccc(-n2nc(C(=O)N3CCCC3)cc2-c2ccc(Cl)cc2)cc1. The van der Waals surface area contributed by atoms with E-state index in [1.807, 2.05) is 59.5 Å². The molecule has 0 aliphatic carbocycles. The summed E-state index contributed by atoms with van der Waals surface area (Å²) < 4.78 is 7.04. The summed E-state index contributed by atoms with van der Waals surface area (Å²) in [5, 5.41) is 5.30. The molecule has 2 aromatic carbocycles. The minimum absolute atomic E-state index is 0.0185. The van der Waals surface area contributed by atoms with Crippen LogP contribution in [0.3, 0.4) is 0 Å². The number of aromatic nitrogens is 2. The molecule has 6 heteroatoms. The van der Waals surface area contributed by atoms with Gasteiger partial charge in [-0.05, 0) is 55.3 Å². The topological polar surface area (TPSA) is 47.4 Å². The van der Waals surface area contributed by atoms with Crippen LogP contribution in [0.1, 0.15) is 23.3 Å². The molecule has 138 valence electrons. The number of hydrogen-bond acceptors (Lipinski definition) is 3. The maximum absolute atomic E-state index is 12.8.